The summed E-state index contributed by atoms with van der Waals surface area (Å²) in [5.41, 5.74) is 7.11. The molecule has 0 aliphatic rings. The Morgan fingerprint density at radius 2 is 2.00 bits per heavy atom. The lowest BCUT2D eigenvalue weighted by Gasteiger charge is -2.11. The monoisotopic (exact) mass is 272 g/mol. The van der Waals surface area contributed by atoms with Crippen LogP contribution >= 0.6 is 0 Å². The zero-order valence-corrected chi connectivity index (χ0v) is 11.6. The van der Waals surface area contributed by atoms with Gasteiger partial charge in [-0.1, -0.05) is 30.3 Å². The highest BCUT2D eigenvalue weighted by Crippen LogP contribution is 2.15. The minimum atomic E-state index is -0.104. The van der Waals surface area contributed by atoms with Crippen molar-refractivity contribution in [1.29, 1.82) is 0 Å². The van der Waals surface area contributed by atoms with Crippen LogP contribution in [0.1, 0.15) is 36.0 Å². The van der Waals surface area contributed by atoms with Crippen LogP contribution in [0.4, 0.5) is 0 Å². The number of benzene rings is 1. The van der Waals surface area contributed by atoms with Crippen LogP contribution < -0.4 is 11.1 Å². The number of amides is 1. The van der Waals surface area contributed by atoms with Crippen molar-refractivity contribution in [1.82, 2.24) is 5.32 Å². The summed E-state index contributed by atoms with van der Waals surface area (Å²) < 4.78 is 5.39. The summed E-state index contributed by atoms with van der Waals surface area (Å²) in [4.78, 5) is 11.8. The number of carbonyl (C=O) groups is 1. The van der Waals surface area contributed by atoms with Crippen LogP contribution in [0, 0.1) is 6.92 Å². The molecule has 1 heterocycles. The zero-order valence-electron chi connectivity index (χ0n) is 11.6. The molecule has 4 nitrogen and oxygen atoms in total. The van der Waals surface area contributed by atoms with Gasteiger partial charge >= 0.3 is 0 Å². The minimum absolute atomic E-state index is 0.00886. The van der Waals surface area contributed by atoms with Crippen molar-refractivity contribution in [3.8, 4) is 0 Å². The van der Waals surface area contributed by atoms with Crippen LogP contribution in [0.2, 0.25) is 0 Å². The predicted octanol–water partition coefficient (Wildman–Crippen LogP) is 2.68. The third-order valence-corrected chi connectivity index (χ3v) is 3.17. The van der Waals surface area contributed by atoms with Gasteiger partial charge in [-0.25, -0.2) is 0 Å². The van der Waals surface area contributed by atoms with E-state index in [4.69, 9.17) is 10.2 Å². The molecule has 0 aliphatic carbocycles. The van der Waals surface area contributed by atoms with Crippen LogP contribution in [-0.4, -0.2) is 5.91 Å². The van der Waals surface area contributed by atoms with Crippen molar-refractivity contribution < 1.29 is 9.21 Å². The second-order valence-electron chi connectivity index (χ2n) is 4.84. The first-order valence-electron chi connectivity index (χ1n) is 6.77. The van der Waals surface area contributed by atoms with Gasteiger partial charge in [0.05, 0.1) is 6.54 Å². The highest BCUT2D eigenvalue weighted by molar-refractivity contribution is 5.75. The Morgan fingerprint density at radius 3 is 2.65 bits per heavy atom. The fraction of sp³-hybridized carbons (Fsp3) is 0.312. The number of nitrogens with two attached hydrogens (primary N) is 1. The SMILES string of the molecule is Cc1ccc(CNC(=O)CCC(N)c2ccccc2)o1. The Labute approximate surface area is 119 Å². The molecule has 2 rings (SSSR count). The maximum absolute atomic E-state index is 11.8. The molecular weight excluding hydrogens is 252 g/mol. The molecular formula is C16H20N2O2. The van der Waals surface area contributed by atoms with E-state index < -0.39 is 0 Å². The molecule has 20 heavy (non-hydrogen) atoms. The van der Waals surface area contributed by atoms with E-state index in [9.17, 15) is 4.79 Å². The molecule has 0 bridgehead atoms. The van der Waals surface area contributed by atoms with E-state index in [0.717, 1.165) is 17.1 Å². The van der Waals surface area contributed by atoms with Gasteiger partial charge in [0, 0.05) is 12.5 Å². The van der Waals surface area contributed by atoms with E-state index >= 15 is 0 Å². The lowest BCUT2D eigenvalue weighted by molar-refractivity contribution is -0.121. The molecule has 1 aromatic heterocycles. The average molecular weight is 272 g/mol. The van der Waals surface area contributed by atoms with E-state index in [1.165, 1.54) is 0 Å². The third-order valence-electron chi connectivity index (χ3n) is 3.17. The summed E-state index contributed by atoms with van der Waals surface area (Å²) in [5.74, 6) is 1.61. The van der Waals surface area contributed by atoms with Gasteiger partial charge in [-0.3, -0.25) is 4.79 Å². The molecule has 1 unspecified atom stereocenters. The summed E-state index contributed by atoms with van der Waals surface area (Å²) in [7, 11) is 0. The van der Waals surface area contributed by atoms with Crippen molar-refractivity contribution in [3.05, 3.63) is 59.5 Å². The number of nitrogens with one attached hydrogen (secondary N) is 1. The first-order valence-corrected chi connectivity index (χ1v) is 6.77. The fourth-order valence-electron chi connectivity index (χ4n) is 2.01. The maximum Gasteiger partial charge on any atom is 0.220 e. The summed E-state index contributed by atoms with van der Waals surface area (Å²) in [5, 5.41) is 2.83. The molecule has 0 aliphatic heterocycles. The van der Waals surface area contributed by atoms with Crippen molar-refractivity contribution in [2.24, 2.45) is 5.73 Å². The Balaban J connectivity index is 1.72. The van der Waals surface area contributed by atoms with Crippen LogP contribution in [0.25, 0.3) is 0 Å². The molecule has 106 valence electrons. The van der Waals surface area contributed by atoms with E-state index in [1.54, 1.807) is 0 Å². The summed E-state index contributed by atoms with van der Waals surface area (Å²) in [6.45, 7) is 2.30. The number of aryl methyl sites for hydroxylation is 1. The highest BCUT2D eigenvalue weighted by atomic mass is 16.3. The fourth-order valence-corrected chi connectivity index (χ4v) is 2.01. The molecule has 1 amide bonds. The van der Waals surface area contributed by atoms with Gasteiger partial charge in [-0.05, 0) is 31.0 Å². The standard InChI is InChI=1S/C16H20N2O2/c1-12-7-8-14(20-12)11-18-16(19)10-9-15(17)13-5-3-2-4-6-13/h2-8,15H,9-11,17H2,1H3,(H,18,19). The van der Waals surface area contributed by atoms with Crippen LogP contribution in [0.3, 0.4) is 0 Å². The van der Waals surface area contributed by atoms with Gasteiger partial charge in [0.1, 0.15) is 11.5 Å². The third kappa shape index (κ3) is 4.24. The molecule has 1 aromatic carbocycles. The number of hydrogen-bond donors (Lipinski definition) is 2. The lowest BCUT2D eigenvalue weighted by atomic mass is 10.0. The number of hydrogen-bond acceptors (Lipinski definition) is 3. The van der Waals surface area contributed by atoms with Gasteiger partial charge in [-0.15, -0.1) is 0 Å². The Bertz CT molecular complexity index is 549. The smallest absolute Gasteiger partial charge is 0.220 e. The molecule has 1 atom stereocenters. The first kappa shape index (κ1) is 14.3. The van der Waals surface area contributed by atoms with Gasteiger partial charge < -0.3 is 15.5 Å². The van der Waals surface area contributed by atoms with Crippen molar-refractivity contribution >= 4 is 5.91 Å². The Morgan fingerprint density at radius 1 is 1.25 bits per heavy atom. The number of rotatable bonds is 6. The van der Waals surface area contributed by atoms with Gasteiger partial charge in [0.25, 0.3) is 0 Å². The molecule has 0 saturated carbocycles. The predicted molar refractivity (Wildman–Crippen MR) is 77.9 cm³/mol. The molecule has 0 radical (unpaired) electrons. The van der Waals surface area contributed by atoms with Crippen molar-refractivity contribution in [2.75, 3.05) is 0 Å². The van der Waals surface area contributed by atoms with E-state index in [1.807, 2.05) is 49.4 Å². The summed E-state index contributed by atoms with van der Waals surface area (Å²) in [6.07, 6.45) is 1.04. The van der Waals surface area contributed by atoms with Gasteiger partial charge in [0.2, 0.25) is 5.91 Å². The molecule has 0 saturated heterocycles. The van der Waals surface area contributed by atoms with Gasteiger partial charge in [0.15, 0.2) is 0 Å². The van der Waals surface area contributed by atoms with Crippen molar-refractivity contribution in [3.63, 3.8) is 0 Å². The second kappa shape index (κ2) is 6.91. The van der Waals surface area contributed by atoms with Crippen LogP contribution in [0.15, 0.2) is 46.9 Å². The quantitative estimate of drug-likeness (QED) is 0.849. The van der Waals surface area contributed by atoms with E-state index in [2.05, 4.69) is 5.32 Å². The number of carbonyl (C=O) groups excluding carboxylic acids is 1. The van der Waals surface area contributed by atoms with E-state index in [0.29, 0.717) is 19.4 Å². The van der Waals surface area contributed by atoms with Crippen LogP contribution in [-0.2, 0) is 11.3 Å². The van der Waals surface area contributed by atoms with Crippen LogP contribution in [0.5, 0.6) is 0 Å². The molecule has 2 aromatic rings. The number of furan rings is 1. The summed E-state index contributed by atoms with van der Waals surface area (Å²) >= 11 is 0. The van der Waals surface area contributed by atoms with Gasteiger partial charge in [-0.2, -0.15) is 0 Å². The maximum atomic E-state index is 11.8. The Hall–Kier alpha value is -2.07. The second-order valence-corrected chi connectivity index (χ2v) is 4.84. The zero-order chi connectivity index (χ0) is 14.4. The molecule has 4 heteroatoms. The normalized spacial score (nSPS) is 12.1. The highest BCUT2D eigenvalue weighted by Gasteiger charge is 2.09. The largest absolute Gasteiger partial charge is 0.465 e. The summed E-state index contributed by atoms with van der Waals surface area (Å²) in [6, 6.07) is 13.5. The first-order chi connectivity index (χ1) is 9.65. The topological polar surface area (TPSA) is 68.3 Å². The lowest BCUT2D eigenvalue weighted by Crippen LogP contribution is -2.23. The molecule has 3 N–H and O–H groups in total. The minimum Gasteiger partial charge on any atom is -0.465 e. The average Bonchev–Trinajstić information content (AvgIpc) is 2.89. The molecule has 0 fully saturated rings. The Kier molecular flexibility index (Phi) is 4.96. The van der Waals surface area contributed by atoms with E-state index in [-0.39, 0.29) is 11.9 Å². The molecule has 0 spiro atoms. The van der Waals surface area contributed by atoms with Crippen molar-refractivity contribution in [2.45, 2.75) is 32.4 Å².